The van der Waals surface area contributed by atoms with Crippen molar-refractivity contribution in [3.05, 3.63) is 64.2 Å². The second-order valence-electron chi connectivity index (χ2n) is 5.01. The molecule has 3 rings (SSSR count). The van der Waals surface area contributed by atoms with E-state index in [0.717, 1.165) is 24.3 Å². The van der Waals surface area contributed by atoms with Gasteiger partial charge in [0.25, 0.3) is 0 Å². The lowest BCUT2D eigenvalue weighted by Crippen LogP contribution is -2.15. The zero-order chi connectivity index (χ0) is 13.4. The molecule has 1 heterocycles. The van der Waals surface area contributed by atoms with Gasteiger partial charge in [-0.05, 0) is 35.7 Å². The second-order valence-corrected chi connectivity index (χ2v) is 5.42. The topological polar surface area (TPSA) is 23.5 Å². The van der Waals surface area contributed by atoms with Gasteiger partial charge >= 0.3 is 0 Å². The zero-order valence-corrected chi connectivity index (χ0v) is 11.6. The summed E-state index contributed by atoms with van der Waals surface area (Å²) in [6.07, 6.45) is -0.484. The Morgan fingerprint density at radius 1 is 1.11 bits per heavy atom. The van der Waals surface area contributed by atoms with Gasteiger partial charge in [-0.2, -0.15) is 0 Å². The summed E-state index contributed by atoms with van der Waals surface area (Å²) in [4.78, 5) is 2.26. The highest BCUT2D eigenvalue weighted by Crippen LogP contribution is 2.34. The highest BCUT2D eigenvalue weighted by atomic mass is 35.5. The van der Waals surface area contributed by atoms with Gasteiger partial charge in [-0.15, -0.1) is 0 Å². The lowest BCUT2D eigenvalue weighted by molar-refractivity contribution is 0.199. The first-order chi connectivity index (χ1) is 9.15. The molecule has 3 heteroatoms. The Morgan fingerprint density at radius 3 is 2.26 bits per heavy atom. The van der Waals surface area contributed by atoms with E-state index in [0.29, 0.717) is 5.02 Å². The standard InChI is InChI=1S/C16H16ClNO/c1-11(19)12-6-7-16(15(17)8-12)18-9-13-4-2-3-5-14(13)10-18/h2-8,11,19H,9-10H2,1H3/t11-/m0/s1. The maximum atomic E-state index is 9.57. The molecule has 0 spiro atoms. The van der Waals surface area contributed by atoms with Crippen LogP contribution >= 0.6 is 11.6 Å². The Kier molecular flexibility index (Phi) is 3.21. The van der Waals surface area contributed by atoms with Gasteiger partial charge in [-0.1, -0.05) is 41.9 Å². The first-order valence-electron chi connectivity index (χ1n) is 6.44. The van der Waals surface area contributed by atoms with E-state index in [1.807, 2.05) is 18.2 Å². The van der Waals surface area contributed by atoms with Crippen LogP contribution in [0.4, 0.5) is 5.69 Å². The number of anilines is 1. The van der Waals surface area contributed by atoms with Gasteiger partial charge < -0.3 is 10.0 Å². The SMILES string of the molecule is C[C@H](O)c1ccc(N2Cc3ccccc3C2)c(Cl)c1. The Morgan fingerprint density at radius 2 is 1.74 bits per heavy atom. The fraction of sp³-hybridized carbons (Fsp3) is 0.250. The van der Waals surface area contributed by atoms with Crippen LogP contribution in [0.15, 0.2) is 42.5 Å². The Bertz CT molecular complexity index is 584. The van der Waals surface area contributed by atoms with E-state index in [1.54, 1.807) is 6.92 Å². The number of fused-ring (bicyclic) bond motifs is 1. The van der Waals surface area contributed by atoms with Crippen molar-refractivity contribution in [2.45, 2.75) is 26.1 Å². The molecule has 1 atom stereocenters. The molecule has 2 aromatic carbocycles. The van der Waals surface area contributed by atoms with Crippen molar-refractivity contribution in [3.63, 3.8) is 0 Å². The van der Waals surface area contributed by atoms with E-state index in [1.165, 1.54) is 11.1 Å². The fourth-order valence-electron chi connectivity index (χ4n) is 2.54. The fourth-order valence-corrected chi connectivity index (χ4v) is 2.85. The van der Waals surface area contributed by atoms with Gasteiger partial charge in [0.05, 0.1) is 16.8 Å². The summed E-state index contributed by atoms with van der Waals surface area (Å²) in [7, 11) is 0. The molecule has 0 amide bonds. The van der Waals surface area contributed by atoms with E-state index < -0.39 is 6.10 Å². The first-order valence-corrected chi connectivity index (χ1v) is 6.82. The molecule has 1 N–H and O–H groups in total. The predicted octanol–water partition coefficient (Wildman–Crippen LogP) is 3.91. The van der Waals surface area contributed by atoms with Crippen molar-refractivity contribution in [1.29, 1.82) is 0 Å². The number of aliphatic hydroxyl groups excluding tert-OH is 1. The predicted molar refractivity (Wildman–Crippen MR) is 78.4 cm³/mol. The second kappa shape index (κ2) is 4.87. The van der Waals surface area contributed by atoms with E-state index >= 15 is 0 Å². The van der Waals surface area contributed by atoms with Crippen LogP contribution in [0.2, 0.25) is 5.02 Å². The van der Waals surface area contributed by atoms with Crippen molar-refractivity contribution in [1.82, 2.24) is 0 Å². The largest absolute Gasteiger partial charge is 0.389 e. The molecule has 0 aliphatic carbocycles. The Hall–Kier alpha value is -1.51. The summed E-state index contributed by atoms with van der Waals surface area (Å²) in [5.74, 6) is 0. The van der Waals surface area contributed by atoms with Crippen LogP contribution in [0.25, 0.3) is 0 Å². The first kappa shape index (κ1) is 12.5. The zero-order valence-electron chi connectivity index (χ0n) is 10.8. The van der Waals surface area contributed by atoms with Crippen LogP contribution in [0, 0.1) is 0 Å². The summed E-state index contributed by atoms with van der Waals surface area (Å²) in [5, 5.41) is 10.3. The normalized spacial score (nSPS) is 15.4. The molecule has 2 aromatic rings. The van der Waals surface area contributed by atoms with Gasteiger partial charge in [0.15, 0.2) is 0 Å². The smallest absolute Gasteiger partial charge is 0.0762 e. The maximum Gasteiger partial charge on any atom is 0.0762 e. The van der Waals surface area contributed by atoms with Gasteiger partial charge in [-0.25, -0.2) is 0 Å². The lowest BCUT2D eigenvalue weighted by atomic mass is 10.1. The van der Waals surface area contributed by atoms with Gasteiger partial charge in [0.1, 0.15) is 0 Å². The Labute approximate surface area is 118 Å². The molecule has 0 bridgehead atoms. The summed E-state index contributed by atoms with van der Waals surface area (Å²) >= 11 is 6.34. The monoisotopic (exact) mass is 273 g/mol. The molecule has 0 saturated carbocycles. The molecule has 0 fully saturated rings. The van der Waals surface area contributed by atoms with Crippen molar-refractivity contribution >= 4 is 17.3 Å². The molecule has 98 valence electrons. The van der Waals surface area contributed by atoms with Crippen molar-refractivity contribution in [3.8, 4) is 0 Å². The third kappa shape index (κ3) is 2.34. The summed E-state index contributed by atoms with van der Waals surface area (Å²) in [6, 6.07) is 14.2. The maximum absolute atomic E-state index is 9.57. The van der Waals surface area contributed by atoms with Crippen LogP contribution in [-0.2, 0) is 13.1 Å². The average molecular weight is 274 g/mol. The number of nitrogens with zero attached hydrogens (tertiary/aromatic N) is 1. The molecule has 0 aromatic heterocycles. The molecular weight excluding hydrogens is 258 g/mol. The van der Waals surface area contributed by atoms with Crippen molar-refractivity contribution in [2.24, 2.45) is 0 Å². The highest BCUT2D eigenvalue weighted by Gasteiger charge is 2.20. The molecular formula is C16H16ClNO. The quantitative estimate of drug-likeness (QED) is 0.897. The summed E-state index contributed by atoms with van der Waals surface area (Å²) in [6.45, 7) is 3.53. The van der Waals surface area contributed by atoms with Crippen LogP contribution < -0.4 is 4.90 Å². The molecule has 0 unspecified atom stereocenters. The van der Waals surface area contributed by atoms with Crippen molar-refractivity contribution < 1.29 is 5.11 Å². The summed E-state index contributed by atoms with van der Waals surface area (Å²) < 4.78 is 0. The average Bonchev–Trinajstić information content (AvgIpc) is 2.81. The summed E-state index contributed by atoms with van der Waals surface area (Å²) in [5.41, 5.74) is 4.60. The van der Waals surface area contributed by atoms with Crippen LogP contribution in [-0.4, -0.2) is 5.11 Å². The van der Waals surface area contributed by atoms with E-state index in [-0.39, 0.29) is 0 Å². The lowest BCUT2D eigenvalue weighted by Gasteiger charge is -2.20. The minimum atomic E-state index is -0.484. The van der Waals surface area contributed by atoms with Gasteiger partial charge in [0, 0.05) is 13.1 Å². The number of hydrogen-bond donors (Lipinski definition) is 1. The Balaban J connectivity index is 1.89. The third-order valence-corrected chi connectivity index (χ3v) is 3.94. The highest BCUT2D eigenvalue weighted by molar-refractivity contribution is 6.33. The number of benzene rings is 2. The van der Waals surface area contributed by atoms with Crippen LogP contribution in [0.3, 0.4) is 0 Å². The number of hydrogen-bond acceptors (Lipinski definition) is 2. The molecule has 0 radical (unpaired) electrons. The van der Waals surface area contributed by atoms with E-state index in [2.05, 4.69) is 29.2 Å². The molecule has 0 saturated heterocycles. The molecule has 1 aliphatic rings. The molecule has 2 nitrogen and oxygen atoms in total. The minimum Gasteiger partial charge on any atom is -0.389 e. The number of rotatable bonds is 2. The molecule has 19 heavy (non-hydrogen) atoms. The van der Waals surface area contributed by atoms with Crippen molar-refractivity contribution in [2.75, 3.05) is 4.90 Å². The van der Waals surface area contributed by atoms with E-state index in [4.69, 9.17) is 11.6 Å². The van der Waals surface area contributed by atoms with Gasteiger partial charge in [0.2, 0.25) is 0 Å². The van der Waals surface area contributed by atoms with Crippen LogP contribution in [0.1, 0.15) is 29.7 Å². The van der Waals surface area contributed by atoms with E-state index in [9.17, 15) is 5.11 Å². The number of halogens is 1. The van der Waals surface area contributed by atoms with Crippen LogP contribution in [0.5, 0.6) is 0 Å². The molecule has 1 aliphatic heterocycles. The number of aliphatic hydroxyl groups is 1. The minimum absolute atomic E-state index is 0.484. The van der Waals surface area contributed by atoms with Gasteiger partial charge in [-0.3, -0.25) is 0 Å². The third-order valence-electron chi connectivity index (χ3n) is 3.64.